The Morgan fingerprint density at radius 1 is 1.11 bits per heavy atom. The third-order valence-electron chi connectivity index (χ3n) is 2.69. The van der Waals surface area contributed by atoms with Crippen molar-refractivity contribution in [2.45, 2.75) is 57.1 Å². The number of aliphatic hydroxyl groups is 3. The van der Waals surface area contributed by atoms with E-state index in [9.17, 15) is 15.3 Å². The summed E-state index contributed by atoms with van der Waals surface area (Å²) in [5.41, 5.74) is 0. The predicted molar refractivity (Wildman–Crippen MR) is 63.7 cm³/mol. The molecule has 18 heavy (non-hydrogen) atoms. The maximum atomic E-state index is 9.73. The van der Waals surface area contributed by atoms with E-state index >= 15 is 0 Å². The Balaban J connectivity index is 2.62. The van der Waals surface area contributed by atoms with Gasteiger partial charge in [-0.05, 0) is 20.3 Å². The molecule has 1 fully saturated rings. The van der Waals surface area contributed by atoms with Crippen LogP contribution < -0.4 is 0 Å². The van der Waals surface area contributed by atoms with E-state index in [0.717, 1.165) is 0 Å². The highest BCUT2D eigenvalue weighted by atomic mass is 31.2. The van der Waals surface area contributed by atoms with Gasteiger partial charge in [0, 0.05) is 6.16 Å². The summed E-state index contributed by atoms with van der Waals surface area (Å²) in [6.45, 7) is 3.51. The molecule has 1 rings (SSSR count). The van der Waals surface area contributed by atoms with Gasteiger partial charge in [0.1, 0.15) is 18.3 Å². The molecule has 8 heteroatoms. The molecule has 5 N–H and O–H groups in total. The van der Waals surface area contributed by atoms with Crippen molar-refractivity contribution in [2.75, 3.05) is 6.16 Å². The summed E-state index contributed by atoms with van der Waals surface area (Å²) in [7, 11) is -2.08. The lowest BCUT2D eigenvalue weighted by Crippen LogP contribution is -2.58. The number of ether oxygens (including phenoxy) is 2. The van der Waals surface area contributed by atoms with E-state index in [-0.39, 0.29) is 18.7 Å². The Hall–Kier alpha value is 0.150. The van der Waals surface area contributed by atoms with Crippen LogP contribution in [0, 0.1) is 0 Å². The Morgan fingerprint density at radius 3 is 2.22 bits per heavy atom. The van der Waals surface area contributed by atoms with Crippen molar-refractivity contribution in [3.8, 4) is 0 Å². The van der Waals surface area contributed by atoms with Gasteiger partial charge in [-0.2, -0.15) is 0 Å². The second-order valence-corrected chi connectivity index (χ2v) is 5.78. The first-order valence-electron chi connectivity index (χ1n) is 5.83. The van der Waals surface area contributed by atoms with Gasteiger partial charge in [0.25, 0.3) is 0 Å². The summed E-state index contributed by atoms with van der Waals surface area (Å²) in [4.78, 5) is 17.7. The van der Waals surface area contributed by atoms with Gasteiger partial charge >= 0.3 is 0 Å². The predicted octanol–water partition coefficient (Wildman–Crippen LogP) is -1.09. The second-order valence-electron chi connectivity index (χ2n) is 4.58. The minimum absolute atomic E-state index is 0.0638. The number of hydrogen-bond donors (Lipinski definition) is 5. The highest BCUT2D eigenvalue weighted by Crippen LogP contribution is 2.30. The van der Waals surface area contributed by atoms with Crippen LogP contribution in [0.1, 0.15) is 20.3 Å². The van der Waals surface area contributed by atoms with Gasteiger partial charge in [-0.15, -0.1) is 0 Å². The van der Waals surface area contributed by atoms with E-state index in [1.807, 2.05) is 0 Å². The fraction of sp³-hybridized carbons (Fsp3) is 1.00. The summed E-state index contributed by atoms with van der Waals surface area (Å²) < 4.78 is 10.6. The zero-order valence-corrected chi connectivity index (χ0v) is 11.3. The molecule has 0 aliphatic carbocycles. The Labute approximate surface area is 107 Å². The third-order valence-corrected chi connectivity index (χ3v) is 3.35. The molecular weight excluding hydrogens is 263 g/mol. The maximum absolute atomic E-state index is 9.73. The van der Waals surface area contributed by atoms with E-state index in [1.54, 1.807) is 13.8 Å². The van der Waals surface area contributed by atoms with Gasteiger partial charge in [-0.3, -0.25) is 0 Å². The van der Waals surface area contributed by atoms with Crippen molar-refractivity contribution >= 4 is 8.38 Å². The lowest BCUT2D eigenvalue weighted by Gasteiger charge is -2.41. The quantitative estimate of drug-likeness (QED) is 0.407. The molecule has 1 aliphatic rings. The van der Waals surface area contributed by atoms with Crippen LogP contribution in [0.3, 0.4) is 0 Å². The number of rotatable bonds is 5. The van der Waals surface area contributed by atoms with Crippen LogP contribution in [0.15, 0.2) is 0 Å². The van der Waals surface area contributed by atoms with Crippen molar-refractivity contribution in [3.63, 3.8) is 0 Å². The topological polar surface area (TPSA) is 120 Å². The van der Waals surface area contributed by atoms with Crippen molar-refractivity contribution in [3.05, 3.63) is 0 Å². The largest absolute Gasteiger partial charge is 0.388 e. The summed E-state index contributed by atoms with van der Waals surface area (Å²) in [6, 6.07) is 0. The first-order valence-corrected chi connectivity index (χ1v) is 7.26. The van der Waals surface area contributed by atoms with Crippen molar-refractivity contribution in [1.29, 1.82) is 0 Å². The Kier molecular flexibility index (Phi) is 6.37. The average Bonchev–Trinajstić information content (AvgIpc) is 2.27. The smallest absolute Gasteiger partial charge is 0.186 e. The summed E-state index contributed by atoms with van der Waals surface area (Å²) in [5, 5.41) is 29.1. The van der Waals surface area contributed by atoms with E-state index < -0.39 is 39.1 Å². The molecule has 0 saturated carbocycles. The summed E-state index contributed by atoms with van der Waals surface area (Å²) in [5.74, 6) is 0. The zero-order chi connectivity index (χ0) is 13.9. The lowest BCUT2D eigenvalue weighted by molar-refractivity contribution is -0.304. The first kappa shape index (κ1) is 16.2. The number of hydrogen-bond acceptors (Lipinski definition) is 7. The van der Waals surface area contributed by atoms with Crippen LogP contribution in [0.2, 0.25) is 0 Å². The van der Waals surface area contributed by atoms with Crippen LogP contribution in [0.25, 0.3) is 0 Å². The van der Waals surface area contributed by atoms with Gasteiger partial charge < -0.3 is 34.6 Å². The van der Waals surface area contributed by atoms with Gasteiger partial charge in [-0.1, -0.05) is 0 Å². The van der Waals surface area contributed by atoms with Crippen LogP contribution in [-0.4, -0.2) is 68.1 Å². The minimum atomic E-state index is -2.08. The van der Waals surface area contributed by atoms with E-state index in [1.165, 1.54) is 0 Å². The molecular formula is C10H21O7P. The van der Waals surface area contributed by atoms with E-state index in [4.69, 9.17) is 19.3 Å². The highest BCUT2D eigenvalue weighted by Gasteiger charge is 2.44. The zero-order valence-electron chi connectivity index (χ0n) is 10.4. The fourth-order valence-electron chi connectivity index (χ4n) is 1.78. The van der Waals surface area contributed by atoms with E-state index in [2.05, 4.69) is 0 Å². The molecule has 0 spiro atoms. The standard InChI is InChI=1S/C10H21O7P/c1-5(2)16-10-9(13)8(12)7(11)6(17-10)3-4-18(14)15/h5-15H,3-4H2,1-2H3/t6?,7-,8?,9?,10+/m1/s1. The number of aliphatic hydroxyl groups excluding tert-OH is 3. The van der Waals surface area contributed by atoms with E-state index in [0.29, 0.717) is 0 Å². The first-order chi connectivity index (χ1) is 8.32. The van der Waals surface area contributed by atoms with Gasteiger partial charge in [0.05, 0.1) is 12.2 Å². The summed E-state index contributed by atoms with van der Waals surface area (Å²) in [6.07, 6.45) is -5.79. The molecule has 0 aromatic heterocycles. The molecule has 0 aromatic carbocycles. The molecule has 1 saturated heterocycles. The Bertz CT molecular complexity index is 248. The third kappa shape index (κ3) is 4.36. The van der Waals surface area contributed by atoms with Crippen LogP contribution >= 0.6 is 8.38 Å². The molecule has 0 amide bonds. The molecule has 3 unspecified atom stereocenters. The second kappa shape index (κ2) is 7.07. The SMILES string of the molecule is CC(C)O[C@H]1OC(CCP(O)O)[C@@H](O)C(O)C1O. The molecule has 5 atom stereocenters. The molecule has 0 aromatic rings. The average molecular weight is 284 g/mol. The van der Waals surface area contributed by atoms with Crippen molar-refractivity contribution in [2.24, 2.45) is 0 Å². The highest BCUT2D eigenvalue weighted by molar-refractivity contribution is 7.45. The maximum Gasteiger partial charge on any atom is 0.186 e. The van der Waals surface area contributed by atoms with Gasteiger partial charge in [-0.25, -0.2) is 0 Å². The normalized spacial score (nSPS) is 37.5. The van der Waals surface area contributed by atoms with Crippen molar-refractivity contribution in [1.82, 2.24) is 0 Å². The molecule has 1 aliphatic heterocycles. The summed E-state index contributed by atoms with van der Waals surface area (Å²) >= 11 is 0. The van der Waals surface area contributed by atoms with Crippen LogP contribution in [0.5, 0.6) is 0 Å². The van der Waals surface area contributed by atoms with Crippen LogP contribution in [0.4, 0.5) is 0 Å². The molecule has 1 heterocycles. The lowest BCUT2D eigenvalue weighted by atomic mass is 9.97. The molecule has 0 bridgehead atoms. The Morgan fingerprint density at radius 2 is 1.72 bits per heavy atom. The fourth-order valence-corrected chi connectivity index (χ4v) is 2.26. The van der Waals surface area contributed by atoms with Crippen LogP contribution in [-0.2, 0) is 9.47 Å². The minimum Gasteiger partial charge on any atom is -0.388 e. The molecule has 0 radical (unpaired) electrons. The van der Waals surface area contributed by atoms with Crippen molar-refractivity contribution < 1.29 is 34.6 Å². The monoisotopic (exact) mass is 284 g/mol. The van der Waals surface area contributed by atoms with Gasteiger partial charge in [0.15, 0.2) is 14.7 Å². The molecule has 7 nitrogen and oxygen atoms in total. The molecule has 108 valence electrons. The van der Waals surface area contributed by atoms with Gasteiger partial charge in [0.2, 0.25) is 0 Å².